The summed E-state index contributed by atoms with van der Waals surface area (Å²) in [4.78, 5) is 15.2. The number of aromatic hydroxyl groups is 1. The van der Waals surface area contributed by atoms with Gasteiger partial charge in [-0.25, -0.2) is 0 Å². The van der Waals surface area contributed by atoms with Gasteiger partial charge in [0, 0.05) is 25.6 Å². The monoisotopic (exact) mass is 408 g/mol. The molecular weight excluding hydrogens is 372 g/mol. The molecule has 4 heteroatoms. The largest absolute Gasteiger partial charge is 0.508 e. The fourth-order valence-electron chi connectivity index (χ4n) is 4.04. The van der Waals surface area contributed by atoms with Crippen LogP contribution < -0.4 is 5.32 Å². The van der Waals surface area contributed by atoms with E-state index in [4.69, 9.17) is 0 Å². The van der Waals surface area contributed by atoms with Crippen molar-refractivity contribution in [2.45, 2.75) is 57.9 Å². The molecule has 2 N–H and O–H groups in total. The minimum Gasteiger partial charge on any atom is -0.508 e. The quantitative estimate of drug-likeness (QED) is 0.611. The molecule has 3 rings (SSSR count). The Morgan fingerprint density at radius 1 is 1.20 bits per heavy atom. The van der Waals surface area contributed by atoms with Crippen LogP contribution in [-0.4, -0.2) is 42.1 Å². The maximum atomic E-state index is 12.8. The lowest BCUT2D eigenvalue weighted by Gasteiger charge is -2.30. The molecule has 0 unspecified atom stereocenters. The molecule has 0 radical (unpaired) electrons. The zero-order valence-electron chi connectivity index (χ0n) is 18.8. The molecule has 30 heavy (non-hydrogen) atoms. The van der Waals surface area contributed by atoms with Crippen LogP contribution in [0.3, 0.4) is 0 Å². The molecule has 0 bridgehead atoms. The zero-order valence-corrected chi connectivity index (χ0v) is 18.8. The van der Waals surface area contributed by atoms with Crippen LogP contribution in [0.4, 0.5) is 0 Å². The number of benzene rings is 2. The number of hydrogen-bond donors (Lipinski definition) is 2. The third-order valence-electron chi connectivity index (χ3n) is 6.29. The van der Waals surface area contributed by atoms with E-state index in [1.165, 1.54) is 24.0 Å². The van der Waals surface area contributed by atoms with Gasteiger partial charge >= 0.3 is 0 Å². The van der Waals surface area contributed by atoms with Crippen LogP contribution in [0.5, 0.6) is 5.75 Å². The number of hydrogen-bond acceptors (Lipinski definition) is 3. The van der Waals surface area contributed by atoms with Gasteiger partial charge in [-0.1, -0.05) is 56.3 Å². The maximum absolute atomic E-state index is 12.8. The highest BCUT2D eigenvalue weighted by atomic mass is 16.3. The van der Waals surface area contributed by atoms with Gasteiger partial charge in [0.1, 0.15) is 5.75 Å². The first-order valence-electron chi connectivity index (χ1n) is 11.1. The summed E-state index contributed by atoms with van der Waals surface area (Å²) in [5, 5.41) is 13.0. The number of rotatable bonds is 10. The summed E-state index contributed by atoms with van der Waals surface area (Å²) in [6.45, 7) is 7.88. The Bertz CT molecular complexity index is 843. The van der Waals surface area contributed by atoms with Gasteiger partial charge < -0.3 is 15.3 Å². The van der Waals surface area contributed by atoms with Crippen molar-refractivity contribution in [3.05, 3.63) is 65.2 Å². The van der Waals surface area contributed by atoms with Crippen LogP contribution in [0.1, 0.15) is 49.8 Å². The van der Waals surface area contributed by atoms with Gasteiger partial charge in [-0.05, 0) is 67.3 Å². The fraction of sp³-hybridized carbons (Fsp3) is 0.500. The smallest absolute Gasteiger partial charge is 0.220 e. The van der Waals surface area contributed by atoms with Gasteiger partial charge in [0.05, 0.1) is 0 Å². The number of carbonyl (C=O) groups excluding carboxylic acids is 1. The van der Waals surface area contributed by atoms with Gasteiger partial charge in [0.2, 0.25) is 5.91 Å². The lowest BCUT2D eigenvalue weighted by molar-refractivity contribution is -0.122. The number of nitrogens with zero attached hydrogens (tertiary/aromatic N) is 1. The van der Waals surface area contributed by atoms with Crippen LogP contribution >= 0.6 is 0 Å². The molecule has 0 aromatic heterocycles. The summed E-state index contributed by atoms with van der Waals surface area (Å²) < 4.78 is 0. The average Bonchev–Trinajstić information content (AvgIpc) is 3.52. The van der Waals surface area contributed by atoms with E-state index in [1.54, 1.807) is 6.07 Å². The van der Waals surface area contributed by atoms with Crippen molar-refractivity contribution < 1.29 is 9.90 Å². The molecule has 2 aromatic carbocycles. The predicted octanol–water partition coefficient (Wildman–Crippen LogP) is 4.44. The molecule has 0 spiro atoms. The summed E-state index contributed by atoms with van der Waals surface area (Å²) in [5.74, 6) is 1.22. The van der Waals surface area contributed by atoms with Crippen molar-refractivity contribution in [2.75, 3.05) is 20.1 Å². The van der Waals surface area contributed by atoms with Crippen molar-refractivity contribution in [2.24, 2.45) is 5.92 Å². The predicted molar refractivity (Wildman–Crippen MR) is 123 cm³/mol. The van der Waals surface area contributed by atoms with Gasteiger partial charge in [-0.3, -0.25) is 4.79 Å². The molecule has 1 aliphatic carbocycles. The Morgan fingerprint density at radius 2 is 1.90 bits per heavy atom. The normalized spacial score (nSPS) is 15.2. The molecule has 4 nitrogen and oxygen atoms in total. The van der Waals surface area contributed by atoms with Crippen LogP contribution in [0.2, 0.25) is 0 Å². The molecule has 1 atom stereocenters. The number of likely N-dealkylation sites (N-methyl/N-ethyl adjacent to an activating group) is 1. The third-order valence-corrected chi connectivity index (χ3v) is 6.29. The van der Waals surface area contributed by atoms with Crippen LogP contribution in [0, 0.1) is 12.8 Å². The number of amides is 1. The summed E-state index contributed by atoms with van der Waals surface area (Å²) >= 11 is 0. The number of nitrogens with one attached hydrogen (secondary N) is 1. The standard InChI is InChI=1S/C26H36N2O2/c1-19-14-21(12-13-24(19)29)15-23(28(4)18-20-10-11-20)17-27-25(30)16-26(2,3)22-8-6-5-7-9-22/h5-9,12-14,20,23,29H,10-11,15-18H2,1-4H3,(H,27,30)/t23-/m0/s1. The summed E-state index contributed by atoms with van der Waals surface area (Å²) in [6, 6.07) is 16.3. The number of phenolic OH excluding ortho intramolecular Hbond substituents is 1. The molecule has 1 fully saturated rings. The van der Waals surface area contributed by atoms with Crippen molar-refractivity contribution in [3.8, 4) is 5.75 Å². The summed E-state index contributed by atoms with van der Waals surface area (Å²) in [7, 11) is 2.16. The van der Waals surface area contributed by atoms with E-state index in [0.717, 1.165) is 24.4 Å². The Labute approximate surface area is 181 Å². The fourth-order valence-corrected chi connectivity index (χ4v) is 4.04. The second-order valence-corrected chi connectivity index (χ2v) is 9.59. The molecule has 1 aliphatic rings. The van der Waals surface area contributed by atoms with Crippen LogP contribution in [0.25, 0.3) is 0 Å². The molecule has 0 saturated heterocycles. The van der Waals surface area contributed by atoms with E-state index in [0.29, 0.717) is 18.7 Å². The Kier molecular flexibility index (Phi) is 7.19. The highest BCUT2D eigenvalue weighted by molar-refractivity contribution is 5.77. The van der Waals surface area contributed by atoms with E-state index < -0.39 is 0 Å². The highest BCUT2D eigenvalue weighted by Gasteiger charge is 2.28. The van der Waals surface area contributed by atoms with Crippen molar-refractivity contribution in [1.29, 1.82) is 0 Å². The molecule has 162 valence electrons. The first-order valence-corrected chi connectivity index (χ1v) is 11.1. The lowest BCUT2D eigenvalue weighted by Crippen LogP contribution is -2.45. The van der Waals surface area contributed by atoms with Gasteiger partial charge in [-0.2, -0.15) is 0 Å². The molecule has 0 aliphatic heterocycles. The summed E-state index contributed by atoms with van der Waals surface area (Å²) in [5.41, 5.74) is 3.07. The molecule has 0 heterocycles. The van der Waals surface area contributed by atoms with Gasteiger partial charge in [0.15, 0.2) is 0 Å². The third kappa shape index (κ3) is 6.33. The van der Waals surface area contributed by atoms with E-state index in [9.17, 15) is 9.90 Å². The first-order chi connectivity index (χ1) is 14.2. The van der Waals surface area contributed by atoms with Crippen molar-refractivity contribution in [3.63, 3.8) is 0 Å². The number of aryl methyl sites for hydroxylation is 1. The Hall–Kier alpha value is -2.33. The average molecular weight is 409 g/mol. The second kappa shape index (κ2) is 9.65. The zero-order chi connectivity index (χ0) is 21.7. The van der Waals surface area contributed by atoms with Gasteiger partial charge in [-0.15, -0.1) is 0 Å². The van der Waals surface area contributed by atoms with E-state index >= 15 is 0 Å². The number of phenols is 1. The lowest BCUT2D eigenvalue weighted by atomic mass is 9.81. The Morgan fingerprint density at radius 3 is 2.53 bits per heavy atom. The molecule has 1 saturated carbocycles. The molecule has 1 amide bonds. The minimum absolute atomic E-state index is 0.0931. The number of carbonyl (C=O) groups is 1. The maximum Gasteiger partial charge on any atom is 0.220 e. The minimum atomic E-state index is -0.200. The topological polar surface area (TPSA) is 52.6 Å². The Balaban J connectivity index is 1.61. The van der Waals surface area contributed by atoms with E-state index in [1.807, 2.05) is 37.3 Å². The van der Waals surface area contributed by atoms with Crippen molar-refractivity contribution in [1.82, 2.24) is 10.2 Å². The highest BCUT2D eigenvalue weighted by Crippen LogP contribution is 2.30. The molecule has 2 aromatic rings. The van der Waals surface area contributed by atoms with Crippen LogP contribution in [-0.2, 0) is 16.6 Å². The second-order valence-electron chi connectivity index (χ2n) is 9.59. The first kappa shape index (κ1) is 22.4. The molecular formula is C26H36N2O2. The van der Waals surface area contributed by atoms with E-state index in [-0.39, 0.29) is 17.4 Å². The summed E-state index contributed by atoms with van der Waals surface area (Å²) in [6.07, 6.45) is 3.95. The van der Waals surface area contributed by atoms with Crippen molar-refractivity contribution >= 4 is 5.91 Å². The SMILES string of the molecule is Cc1cc(C[C@@H](CNC(=O)CC(C)(C)c2ccccc2)N(C)CC2CC2)ccc1O. The van der Waals surface area contributed by atoms with Gasteiger partial charge in [0.25, 0.3) is 0 Å². The van der Waals surface area contributed by atoms with E-state index in [2.05, 4.69) is 43.2 Å². The van der Waals surface area contributed by atoms with Crippen LogP contribution in [0.15, 0.2) is 48.5 Å².